The molecule has 1 heterocycles. The first-order chi connectivity index (χ1) is 7.92. The Morgan fingerprint density at radius 3 is 2.88 bits per heavy atom. The highest BCUT2D eigenvalue weighted by Crippen LogP contribution is 2.29. The quantitative estimate of drug-likeness (QED) is 0.637. The van der Waals surface area contributed by atoms with Crippen LogP contribution in [0.1, 0.15) is 19.4 Å². The maximum Gasteiger partial charge on any atom is 0.128 e. The molecule has 94 valence electrons. The molecule has 0 amide bonds. The number of nitrogens with two attached hydrogens (primary N) is 2. The number of nitrogen functional groups attached to an aromatic ring is 1. The lowest BCUT2D eigenvalue weighted by Gasteiger charge is -2.42. The van der Waals surface area contributed by atoms with Gasteiger partial charge in [0, 0.05) is 11.3 Å². The van der Waals surface area contributed by atoms with Crippen LogP contribution in [-0.4, -0.2) is 18.9 Å². The number of anilines is 1. The molecule has 0 aliphatic carbocycles. The van der Waals surface area contributed by atoms with Crippen molar-refractivity contribution in [3.63, 3.8) is 0 Å². The summed E-state index contributed by atoms with van der Waals surface area (Å²) in [6, 6.07) is 4.52. The van der Waals surface area contributed by atoms with E-state index in [1.54, 1.807) is 6.07 Å². The smallest absolute Gasteiger partial charge is 0.128 e. The van der Waals surface area contributed by atoms with E-state index in [0.29, 0.717) is 17.9 Å². The number of benzene rings is 1. The van der Waals surface area contributed by atoms with Gasteiger partial charge in [0.2, 0.25) is 0 Å². The van der Waals surface area contributed by atoms with Crippen LogP contribution in [0.25, 0.3) is 0 Å². The average molecular weight is 239 g/mol. The van der Waals surface area contributed by atoms with E-state index in [0.717, 1.165) is 0 Å². The monoisotopic (exact) mass is 239 g/mol. The van der Waals surface area contributed by atoms with Gasteiger partial charge in [-0.15, -0.1) is 0 Å². The van der Waals surface area contributed by atoms with Crippen molar-refractivity contribution in [3.05, 3.63) is 29.6 Å². The number of nitrogens with one attached hydrogen (secondary N) is 1. The highest BCUT2D eigenvalue weighted by atomic mass is 19.1. The van der Waals surface area contributed by atoms with Crippen LogP contribution in [0, 0.1) is 5.82 Å². The van der Waals surface area contributed by atoms with E-state index in [1.165, 1.54) is 12.1 Å². The summed E-state index contributed by atoms with van der Waals surface area (Å²) in [5.41, 5.74) is 11.9. The van der Waals surface area contributed by atoms with Crippen LogP contribution in [-0.2, 0) is 10.3 Å². The molecule has 0 saturated carbocycles. The third-order valence-corrected chi connectivity index (χ3v) is 3.21. The molecule has 17 heavy (non-hydrogen) atoms. The van der Waals surface area contributed by atoms with Crippen molar-refractivity contribution in [1.29, 1.82) is 0 Å². The lowest BCUT2D eigenvalue weighted by atomic mass is 9.90. The number of hydrogen-bond donors (Lipinski definition) is 3. The first kappa shape index (κ1) is 12.3. The Bertz CT molecular complexity index is 426. The molecule has 2 rings (SSSR count). The topological polar surface area (TPSA) is 73.3 Å². The fourth-order valence-corrected chi connectivity index (χ4v) is 2.05. The van der Waals surface area contributed by atoms with Gasteiger partial charge >= 0.3 is 0 Å². The van der Waals surface area contributed by atoms with E-state index in [1.807, 2.05) is 13.8 Å². The number of halogens is 1. The molecule has 1 aromatic rings. The molecule has 1 aliphatic rings. The van der Waals surface area contributed by atoms with Crippen LogP contribution >= 0.6 is 0 Å². The fourth-order valence-electron chi connectivity index (χ4n) is 2.05. The van der Waals surface area contributed by atoms with Crippen molar-refractivity contribution in [2.75, 3.05) is 12.3 Å². The van der Waals surface area contributed by atoms with Gasteiger partial charge in [-0.1, -0.05) is 0 Å². The van der Waals surface area contributed by atoms with E-state index >= 15 is 0 Å². The minimum atomic E-state index is -0.647. The zero-order valence-corrected chi connectivity index (χ0v) is 10.0. The van der Waals surface area contributed by atoms with Crippen molar-refractivity contribution in [1.82, 2.24) is 5.32 Å². The highest BCUT2D eigenvalue weighted by molar-refractivity contribution is 5.44. The Morgan fingerprint density at radius 2 is 2.24 bits per heavy atom. The van der Waals surface area contributed by atoms with E-state index < -0.39 is 5.54 Å². The van der Waals surface area contributed by atoms with Crippen molar-refractivity contribution in [2.45, 2.75) is 31.7 Å². The average Bonchev–Trinajstić information content (AvgIpc) is 2.27. The predicted octanol–water partition coefficient (Wildman–Crippen LogP) is 0.916. The summed E-state index contributed by atoms with van der Waals surface area (Å²) in [7, 11) is 0. The van der Waals surface area contributed by atoms with E-state index in [4.69, 9.17) is 16.2 Å². The third-order valence-electron chi connectivity index (χ3n) is 3.21. The van der Waals surface area contributed by atoms with Gasteiger partial charge in [0.25, 0.3) is 0 Å². The highest BCUT2D eigenvalue weighted by Gasteiger charge is 2.37. The largest absolute Gasteiger partial charge is 0.399 e. The lowest BCUT2D eigenvalue weighted by Crippen LogP contribution is -2.62. The molecular weight excluding hydrogens is 221 g/mol. The molecule has 1 aliphatic heterocycles. The van der Waals surface area contributed by atoms with Crippen molar-refractivity contribution < 1.29 is 9.13 Å². The van der Waals surface area contributed by atoms with Gasteiger partial charge in [0.1, 0.15) is 5.82 Å². The van der Waals surface area contributed by atoms with E-state index in [9.17, 15) is 4.39 Å². The van der Waals surface area contributed by atoms with Gasteiger partial charge < -0.3 is 16.2 Å². The molecule has 0 aromatic heterocycles. The number of hydrogen-bond acceptors (Lipinski definition) is 4. The standard InChI is InChI=1S/C12H18FN3O/c1-7-11(15)16-12(2,6-17-7)9-5-8(14)3-4-10(9)13/h3-5,7,11,16H,6,14-15H2,1-2H3/t7-,11?,12+/m1/s1. The summed E-state index contributed by atoms with van der Waals surface area (Å²) in [6.45, 7) is 4.10. The molecule has 3 atom stereocenters. The second kappa shape index (κ2) is 4.25. The van der Waals surface area contributed by atoms with E-state index in [2.05, 4.69) is 5.32 Å². The first-order valence-corrected chi connectivity index (χ1v) is 5.63. The van der Waals surface area contributed by atoms with Crippen LogP contribution in [0.5, 0.6) is 0 Å². The summed E-state index contributed by atoms with van der Waals surface area (Å²) in [5.74, 6) is -0.306. The van der Waals surface area contributed by atoms with Crippen LogP contribution in [0.2, 0.25) is 0 Å². The van der Waals surface area contributed by atoms with Gasteiger partial charge in [0.15, 0.2) is 0 Å². The van der Waals surface area contributed by atoms with Crippen LogP contribution in [0.15, 0.2) is 18.2 Å². The predicted molar refractivity (Wildman–Crippen MR) is 64.7 cm³/mol. The molecule has 0 bridgehead atoms. The maximum absolute atomic E-state index is 13.8. The maximum atomic E-state index is 13.8. The molecular formula is C12H18FN3O. The minimum Gasteiger partial charge on any atom is -0.399 e. The molecule has 0 spiro atoms. The fraction of sp³-hybridized carbons (Fsp3) is 0.500. The van der Waals surface area contributed by atoms with Crippen LogP contribution < -0.4 is 16.8 Å². The van der Waals surface area contributed by atoms with Crippen molar-refractivity contribution in [3.8, 4) is 0 Å². The van der Waals surface area contributed by atoms with Gasteiger partial charge in [0.05, 0.1) is 24.4 Å². The zero-order chi connectivity index (χ0) is 12.6. The Labute approximate surface area is 100 Å². The molecule has 1 aromatic carbocycles. The molecule has 5 heteroatoms. The third kappa shape index (κ3) is 2.26. The lowest BCUT2D eigenvalue weighted by molar-refractivity contribution is -0.0497. The van der Waals surface area contributed by atoms with Gasteiger partial charge in [-0.05, 0) is 32.0 Å². The van der Waals surface area contributed by atoms with Crippen LogP contribution in [0.4, 0.5) is 10.1 Å². The summed E-state index contributed by atoms with van der Waals surface area (Å²) in [5, 5.41) is 3.18. The Balaban J connectivity index is 2.35. The Hall–Kier alpha value is -1.17. The summed E-state index contributed by atoms with van der Waals surface area (Å²) in [6.07, 6.45) is -0.415. The van der Waals surface area contributed by atoms with Crippen LogP contribution in [0.3, 0.4) is 0 Å². The second-order valence-electron chi connectivity index (χ2n) is 4.76. The minimum absolute atomic E-state index is 0.0906. The van der Waals surface area contributed by atoms with Gasteiger partial charge in [-0.2, -0.15) is 0 Å². The number of rotatable bonds is 1. The van der Waals surface area contributed by atoms with E-state index in [-0.39, 0.29) is 18.1 Å². The van der Waals surface area contributed by atoms with Gasteiger partial charge in [-0.3, -0.25) is 5.32 Å². The summed E-state index contributed by atoms with van der Waals surface area (Å²) < 4.78 is 19.4. The zero-order valence-electron chi connectivity index (χ0n) is 10.0. The number of morpholine rings is 1. The van der Waals surface area contributed by atoms with Crippen molar-refractivity contribution >= 4 is 5.69 Å². The Kier molecular flexibility index (Phi) is 3.07. The SMILES string of the molecule is C[C@H]1OC[C@@](C)(c2cc(N)ccc2F)NC1N. The molecule has 1 unspecified atom stereocenters. The molecule has 1 saturated heterocycles. The Morgan fingerprint density at radius 1 is 1.53 bits per heavy atom. The summed E-state index contributed by atoms with van der Waals surface area (Å²) >= 11 is 0. The van der Waals surface area contributed by atoms with Crippen molar-refractivity contribution in [2.24, 2.45) is 5.73 Å². The molecule has 0 radical (unpaired) electrons. The molecule has 5 N–H and O–H groups in total. The second-order valence-corrected chi connectivity index (χ2v) is 4.76. The number of ether oxygens (including phenoxy) is 1. The normalized spacial score (nSPS) is 33.6. The first-order valence-electron chi connectivity index (χ1n) is 5.63. The van der Waals surface area contributed by atoms with Gasteiger partial charge in [-0.25, -0.2) is 4.39 Å². The summed E-state index contributed by atoms with van der Waals surface area (Å²) in [4.78, 5) is 0. The molecule has 1 fully saturated rings. The molecule has 4 nitrogen and oxygen atoms in total.